The molecule has 0 aliphatic heterocycles. The molecule has 0 spiro atoms. The maximum Gasteiger partial charge on any atom is 0.251 e. The molecule has 2 aromatic carbocycles. The van der Waals surface area contributed by atoms with Crippen LogP contribution >= 0.6 is 15.9 Å². The summed E-state index contributed by atoms with van der Waals surface area (Å²) < 4.78 is 1.04. The molecular weight excluding hydrogens is 316 g/mol. The highest BCUT2D eigenvalue weighted by Gasteiger charge is 2.10. The quantitative estimate of drug-likeness (QED) is 0.930. The lowest BCUT2D eigenvalue weighted by Gasteiger charge is -2.18. The van der Waals surface area contributed by atoms with Gasteiger partial charge in [-0.2, -0.15) is 0 Å². The third-order valence-electron chi connectivity index (χ3n) is 3.08. The van der Waals surface area contributed by atoms with Crippen LogP contribution < -0.4 is 5.32 Å². The van der Waals surface area contributed by atoms with Gasteiger partial charge in [-0.3, -0.25) is 4.79 Å². The van der Waals surface area contributed by atoms with Gasteiger partial charge in [0, 0.05) is 22.6 Å². The molecule has 0 aliphatic carbocycles. The van der Waals surface area contributed by atoms with Gasteiger partial charge in [0.25, 0.3) is 5.91 Å². The summed E-state index contributed by atoms with van der Waals surface area (Å²) in [5.41, 5.74) is 0.699. The molecule has 0 saturated carbocycles. The van der Waals surface area contributed by atoms with Crippen LogP contribution in [-0.4, -0.2) is 37.5 Å². The van der Waals surface area contributed by atoms with Crippen LogP contribution in [0.25, 0.3) is 10.8 Å². The van der Waals surface area contributed by atoms with Crippen LogP contribution in [0.5, 0.6) is 0 Å². The molecule has 0 bridgehead atoms. The number of carbonyl (C=O) groups excluding carboxylic acids is 1. The Kier molecular flexibility index (Phi) is 4.78. The van der Waals surface area contributed by atoms with E-state index in [1.807, 2.05) is 57.4 Å². The second-order valence-electron chi connectivity index (χ2n) is 5.34. The number of likely N-dealkylation sites (N-methyl/N-ethyl adjacent to an activating group) is 1. The van der Waals surface area contributed by atoms with E-state index >= 15 is 0 Å². The van der Waals surface area contributed by atoms with Crippen LogP contribution in [0.15, 0.2) is 40.9 Å². The van der Waals surface area contributed by atoms with Crippen molar-refractivity contribution < 1.29 is 4.79 Å². The Morgan fingerprint density at radius 2 is 1.85 bits per heavy atom. The molecule has 2 rings (SSSR count). The van der Waals surface area contributed by atoms with Crippen molar-refractivity contribution in [3.63, 3.8) is 0 Å². The minimum Gasteiger partial charge on any atom is -0.348 e. The highest BCUT2D eigenvalue weighted by molar-refractivity contribution is 9.10. The maximum absolute atomic E-state index is 12.2. The van der Waals surface area contributed by atoms with E-state index in [1.54, 1.807) is 0 Å². The lowest BCUT2D eigenvalue weighted by molar-refractivity contribution is 0.0934. The van der Waals surface area contributed by atoms with Crippen molar-refractivity contribution in [2.24, 2.45) is 0 Å². The van der Waals surface area contributed by atoms with Gasteiger partial charge in [-0.1, -0.05) is 28.1 Å². The van der Waals surface area contributed by atoms with Crippen LogP contribution in [0.4, 0.5) is 0 Å². The van der Waals surface area contributed by atoms with Crippen molar-refractivity contribution in [1.82, 2.24) is 10.2 Å². The van der Waals surface area contributed by atoms with E-state index in [4.69, 9.17) is 0 Å². The number of rotatable bonds is 4. The Morgan fingerprint density at radius 1 is 1.20 bits per heavy atom. The van der Waals surface area contributed by atoms with Gasteiger partial charge in [0.2, 0.25) is 0 Å². The van der Waals surface area contributed by atoms with Crippen LogP contribution in [0.3, 0.4) is 0 Å². The molecule has 1 N–H and O–H groups in total. The molecule has 4 heteroatoms. The lowest BCUT2D eigenvalue weighted by atomic mass is 10.1. The van der Waals surface area contributed by atoms with Gasteiger partial charge in [-0.15, -0.1) is 0 Å². The van der Waals surface area contributed by atoms with Crippen LogP contribution in [0, 0.1) is 0 Å². The maximum atomic E-state index is 12.2. The minimum absolute atomic E-state index is 0.0239. The predicted octanol–water partition coefficient (Wildman–Crippen LogP) is 3.28. The summed E-state index contributed by atoms with van der Waals surface area (Å²) in [7, 11) is 3.99. The zero-order valence-corrected chi connectivity index (χ0v) is 13.6. The summed E-state index contributed by atoms with van der Waals surface area (Å²) >= 11 is 3.45. The number of hydrogen-bond donors (Lipinski definition) is 1. The van der Waals surface area contributed by atoms with E-state index in [0.717, 1.165) is 21.8 Å². The third-order valence-corrected chi connectivity index (χ3v) is 3.57. The van der Waals surface area contributed by atoms with Gasteiger partial charge in [-0.05, 0) is 56.1 Å². The molecule has 106 valence electrons. The van der Waals surface area contributed by atoms with Crippen LogP contribution in [0.1, 0.15) is 17.3 Å². The van der Waals surface area contributed by atoms with Crippen molar-refractivity contribution in [2.45, 2.75) is 13.0 Å². The Hall–Kier alpha value is -1.39. The normalized spacial score (nSPS) is 12.7. The largest absolute Gasteiger partial charge is 0.348 e. The van der Waals surface area contributed by atoms with Gasteiger partial charge >= 0.3 is 0 Å². The second-order valence-corrected chi connectivity index (χ2v) is 6.26. The minimum atomic E-state index is -0.0239. The molecule has 0 aliphatic rings. The third kappa shape index (κ3) is 3.81. The van der Waals surface area contributed by atoms with E-state index in [9.17, 15) is 4.79 Å². The topological polar surface area (TPSA) is 32.3 Å². The van der Waals surface area contributed by atoms with Crippen molar-refractivity contribution in [3.8, 4) is 0 Å². The number of halogens is 1. The molecule has 1 atom stereocenters. The van der Waals surface area contributed by atoms with E-state index in [0.29, 0.717) is 5.56 Å². The Balaban J connectivity index is 2.16. The molecular formula is C16H19BrN2O. The number of nitrogens with one attached hydrogen (secondary N) is 1. The summed E-state index contributed by atoms with van der Waals surface area (Å²) in [4.78, 5) is 14.3. The fourth-order valence-corrected chi connectivity index (χ4v) is 2.64. The fourth-order valence-electron chi connectivity index (χ4n) is 2.26. The number of carbonyl (C=O) groups is 1. The monoisotopic (exact) mass is 334 g/mol. The molecule has 1 unspecified atom stereocenters. The summed E-state index contributed by atoms with van der Waals surface area (Å²) in [5.74, 6) is -0.0239. The standard InChI is InChI=1S/C16H19BrN2O/c1-11(10-19(2)3)18-16(20)14-5-4-13-9-15(17)7-6-12(13)8-14/h4-9,11H,10H2,1-3H3,(H,18,20). The number of hydrogen-bond acceptors (Lipinski definition) is 2. The molecule has 1 amide bonds. The average molecular weight is 335 g/mol. The zero-order chi connectivity index (χ0) is 14.7. The highest BCUT2D eigenvalue weighted by atomic mass is 79.9. The Bertz CT molecular complexity index is 625. The smallest absolute Gasteiger partial charge is 0.251 e. The van der Waals surface area contributed by atoms with Gasteiger partial charge < -0.3 is 10.2 Å². The van der Waals surface area contributed by atoms with Gasteiger partial charge in [0.15, 0.2) is 0 Å². The molecule has 0 saturated heterocycles. The first-order valence-corrected chi connectivity index (χ1v) is 7.40. The van der Waals surface area contributed by atoms with Gasteiger partial charge in [0.05, 0.1) is 0 Å². The number of benzene rings is 2. The molecule has 0 aromatic heterocycles. The first-order valence-electron chi connectivity index (χ1n) is 6.60. The van der Waals surface area contributed by atoms with E-state index < -0.39 is 0 Å². The van der Waals surface area contributed by atoms with Crippen molar-refractivity contribution in [1.29, 1.82) is 0 Å². The zero-order valence-electron chi connectivity index (χ0n) is 12.0. The van der Waals surface area contributed by atoms with E-state index in [1.165, 1.54) is 0 Å². The summed E-state index contributed by atoms with van der Waals surface area (Å²) in [6.07, 6.45) is 0. The summed E-state index contributed by atoms with van der Waals surface area (Å²) in [6.45, 7) is 2.84. The van der Waals surface area contributed by atoms with Crippen molar-refractivity contribution in [3.05, 3.63) is 46.4 Å². The van der Waals surface area contributed by atoms with Crippen LogP contribution in [-0.2, 0) is 0 Å². The van der Waals surface area contributed by atoms with E-state index in [2.05, 4.69) is 26.1 Å². The molecule has 3 nitrogen and oxygen atoms in total. The lowest BCUT2D eigenvalue weighted by Crippen LogP contribution is -2.39. The van der Waals surface area contributed by atoms with Crippen molar-refractivity contribution in [2.75, 3.05) is 20.6 Å². The highest BCUT2D eigenvalue weighted by Crippen LogP contribution is 2.21. The molecule has 0 radical (unpaired) electrons. The Morgan fingerprint density at radius 3 is 2.55 bits per heavy atom. The second kappa shape index (κ2) is 6.37. The number of nitrogens with zero attached hydrogens (tertiary/aromatic N) is 1. The van der Waals surface area contributed by atoms with Gasteiger partial charge in [-0.25, -0.2) is 0 Å². The first kappa shape index (κ1) is 15.0. The SMILES string of the molecule is CC(CN(C)C)NC(=O)c1ccc2cc(Br)ccc2c1. The first-order chi connectivity index (χ1) is 9.45. The molecule has 0 fully saturated rings. The molecule has 20 heavy (non-hydrogen) atoms. The summed E-state index contributed by atoms with van der Waals surface area (Å²) in [5, 5.41) is 5.21. The number of fused-ring (bicyclic) bond motifs is 1. The summed E-state index contributed by atoms with van der Waals surface area (Å²) in [6, 6.07) is 11.9. The molecule has 0 heterocycles. The Labute approximate surface area is 128 Å². The van der Waals surface area contributed by atoms with E-state index in [-0.39, 0.29) is 11.9 Å². The van der Waals surface area contributed by atoms with Gasteiger partial charge in [0.1, 0.15) is 0 Å². The van der Waals surface area contributed by atoms with Crippen LogP contribution in [0.2, 0.25) is 0 Å². The average Bonchev–Trinajstić information content (AvgIpc) is 2.36. The number of amides is 1. The fraction of sp³-hybridized carbons (Fsp3) is 0.312. The van der Waals surface area contributed by atoms with Crippen molar-refractivity contribution >= 4 is 32.6 Å². The predicted molar refractivity (Wildman–Crippen MR) is 87.1 cm³/mol. The molecule has 2 aromatic rings.